The predicted octanol–water partition coefficient (Wildman–Crippen LogP) is 0.545. The Balaban J connectivity index is 2.39. The molecule has 1 aromatic heterocycles. The molecule has 2 rings (SSSR count). The maximum atomic E-state index is 12.0. The lowest BCUT2D eigenvalue weighted by Gasteiger charge is -2.17. The Morgan fingerprint density at radius 2 is 2.40 bits per heavy atom. The molecule has 4 heteroatoms. The Labute approximate surface area is 89.3 Å². The van der Waals surface area contributed by atoms with Crippen molar-refractivity contribution >= 4 is 0 Å². The molecule has 0 saturated carbocycles. The van der Waals surface area contributed by atoms with E-state index in [-0.39, 0.29) is 5.56 Å². The summed E-state index contributed by atoms with van der Waals surface area (Å²) in [6, 6.07) is 0. The van der Waals surface area contributed by atoms with E-state index in [4.69, 9.17) is 0 Å². The van der Waals surface area contributed by atoms with E-state index < -0.39 is 0 Å². The van der Waals surface area contributed by atoms with Gasteiger partial charge in [-0.3, -0.25) is 4.79 Å². The van der Waals surface area contributed by atoms with E-state index in [0.29, 0.717) is 12.5 Å². The van der Waals surface area contributed by atoms with Gasteiger partial charge in [0.1, 0.15) is 0 Å². The minimum Gasteiger partial charge on any atom is -0.312 e. The third-order valence-corrected chi connectivity index (χ3v) is 2.64. The van der Waals surface area contributed by atoms with Crippen molar-refractivity contribution in [3.63, 3.8) is 0 Å². The number of fused-ring (bicyclic) bond motifs is 1. The van der Waals surface area contributed by atoms with Crippen molar-refractivity contribution in [2.24, 2.45) is 5.92 Å². The molecule has 1 N–H and O–H groups in total. The second-order valence-corrected chi connectivity index (χ2v) is 4.46. The molecule has 0 saturated heterocycles. The van der Waals surface area contributed by atoms with Crippen LogP contribution in [0.1, 0.15) is 25.0 Å². The van der Waals surface area contributed by atoms with Crippen molar-refractivity contribution < 1.29 is 0 Å². The predicted molar refractivity (Wildman–Crippen MR) is 58.7 cm³/mol. The number of nitrogens with one attached hydrogen (secondary N) is 1. The zero-order chi connectivity index (χ0) is 10.8. The van der Waals surface area contributed by atoms with Crippen LogP contribution in [0.4, 0.5) is 0 Å². The smallest absolute Gasteiger partial charge is 0.270 e. The fourth-order valence-electron chi connectivity index (χ4n) is 1.90. The average molecular weight is 207 g/mol. The Morgan fingerprint density at radius 3 is 3.13 bits per heavy atom. The van der Waals surface area contributed by atoms with Crippen molar-refractivity contribution in [3.05, 3.63) is 27.7 Å². The third kappa shape index (κ3) is 2.09. The summed E-state index contributed by atoms with van der Waals surface area (Å²) in [6.45, 7) is 6.57. The number of nitrogens with zero attached hydrogens (tertiary/aromatic N) is 2. The van der Waals surface area contributed by atoms with Crippen LogP contribution in [0, 0.1) is 5.92 Å². The molecular weight excluding hydrogens is 190 g/mol. The van der Waals surface area contributed by atoms with E-state index in [1.54, 1.807) is 4.68 Å². The lowest BCUT2D eigenvalue weighted by atomic mass is 10.1. The molecule has 0 radical (unpaired) electrons. The Bertz CT molecular complexity index is 409. The number of aromatic nitrogens is 2. The number of hydrogen-bond acceptors (Lipinski definition) is 3. The summed E-state index contributed by atoms with van der Waals surface area (Å²) < 4.78 is 1.59. The second kappa shape index (κ2) is 4.14. The summed E-state index contributed by atoms with van der Waals surface area (Å²) in [5.41, 5.74) is 2.11. The molecular formula is C11H17N3O. The fraction of sp³-hybridized carbons (Fsp3) is 0.636. The van der Waals surface area contributed by atoms with E-state index >= 15 is 0 Å². The molecule has 1 aromatic rings. The normalized spacial score (nSPS) is 15.4. The summed E-state index contributed by atoms with van der Waals surface area (Å²) in [6.07, 6.45) is 2.65. The van der Waals surface area contributed by atoms with Gasteiger partial charge in [0.25, 0.3) is 5.56 Å². The van der Waals surface area contributed by atoms with Gasteiger partial charge in [-0.25, -0.2) is 4.68 Å². The van der Waals surface area contributed by atoms with E-state index in [9.17, 15) is 4.79 Å². The van der Waals surface area contributed by atoms with Crippen molar-refractivity contribution in [1.29, 1.82) is 0 Å². The first-order valence-corrected chi connectivity index (χ1v) is 5.47. The molecule has 2 heterocycles. The average Bonchev–Trinajstić information content (AvgIpc) is 2.22. The Kier molecular flexibility index (Phi) is 2.86. The Hall–Kier alpha value is -1.16. The van der Waals surface area contributed by atoms with Gasteiger partial charge in [-0.15, -0.1) is 0 Å². The van der Waals surface area contributed by atoms with E-state index in [0.717, 1.165) is 30.6 Å². The highest BCUT2D eigenvalue weighted by atomic mass is 16.1. The van der Waals surface area contributed by atoms with E-state index in [2.05, 4.69) is 24.3 Å². The van der Waals surface area contributed by atoms with Crippen molar-refractivity contribution in [3.8, 4) is 0 Å². The van der Waals surface area contributed by atoms with E-state index in [1.165, 1.54) is 0 Å². The summed E-state index contributed by atoms with van der Waals surface area (Å²) in [7, 11) is 0. The zero-order valence-electron chi connectivity index (χ0n) is 9.29. The molecule has 1 aliphatic rings. The van der Waals surface area contributed by atoms with Crippen LogP contribution < -0.4 is 10.9 Å². The molecule has 1 aliphatic heterocycles. The summed E-state index contributed by atoms with van der Waals surface area (Å²) in [5, 5.41) is 7.44. The van der Waals surface area contributed by atoms with E-state index in [1.807, 2.05) is 6.20 Å². The van der Waals surface area contributed by atoms with Crippen molar-refractivity contribution in [1.82, 2.24) is 15.1 Å². The minimum absolute atomic E-state index is 0.0997. The van der Waals surface area contributed by atoms with Gasteiger partial charge in [-0.05, 0) is 24.4 Å². The van der Waals surface area contributed by atoms with Crippen LogP contribution in [0.2, 0.25) is 0 Å². The first-order chi connectivity index (χ1) is 7.18. The van der Waals surface area contributed by atoms with Gasteiger partial charge in [0, 0.05) is 18.7 Å². The molecule has 4 nitrogen and oxygen atoms in total. The summed E-state index contributed by atoms with van der Waals surface area (Å²) >= 11 is 0. The monoisotopic (exact) mass is 207 g/mol. The van der Waals surface area contributed by atoms with Gasteiger partial charge < -0.3 is 5.32 Å². The molecule has 15 heavy (non-hydrogen) atoms. The van der Waals surface area contributed by atoms with Gasteiger partial charge in [0.05, 0.1) is 6.20 Å². The molecule has 0 aromatic carbocycles. The minimum atomic E-state index is 0.0997. The molecule has 0 bridgehead atoms. The SMILES string of the molecule is CC(C)Cn1ncc2c(c1=O)CCNC2. The molecule has 0 unspecified atom stereocenters. The molecule has 0 atom stereocenters. The van der Waals surface area contributed by atoms with Crippen LogP contribution >= 0.6 is 0 Å². The van der Waals surface area contributed by atoms with Crippen LogP contribution in [-0.2, 0) is 19.5 Å². The first kappa shape index (κ1) is 10.4. The van der Waals surface area contributed by atoms with Crippen LogP contribution in [0.3, 0.4) is 0 Å². The van der Waals surface area contributed by atoms with Gasteiger partial charge in [-0.1, -0.05) is 13.8 Å². The van der Waals surface area contributed by atoms with Crippen molar-refractivity contribution in [2.45, 2.75) is 33.4 Å². The fourth-order valence-corrected chi connectivity index (χ4v) is 1.90. The standard InChI is InChI=1S/C11H17N3O/c1-8(2)7-14-11(15)10-3-4-12-5-9(10)6-13-14/h6,8,12H,3-5,7H2,1-2H3. The quantitative estimate of drug-likeness (QED) is 0.770. The van der Waals surface area contributed by atoms with Gasteiger partial charge >= 0.3 is 0 Å². The van der Waals surface area contributed by atoms with Gasteiger partial charge in [0.2, 0.25) is 0 Å². The largest absolute Gasteiger partial charge is 0.312 e. The lowest BCUT2D eigenvalue weighted by molar-refractivity contribution is 0.454. The van der Waals surface area contributed by atoms with Crippen LogP contribution in [0.15, 0.2) is 11.0 Å². The number of hydrogen-bond donors (Lipinski definition) is 1. The zero-order valence-corrected chi connectivity index (χ0v) is 9.29. The summed E-state index contributed by atoms with van der Waals surface area (Å²) in [5.74, 6) is 0.454. The van der Waals surface area contributed by atoms with Crippen LogP contribution in [-0.4, -0.2) is 16.3 Å². The maximum Gasteiger partial charge on any atom is 0.270 e. The van der Waals surface area contributed by atoms with Crippen LogP contribution in [0.25, 0.3) is 0 Å². The highest BCUT2D eigenvalue weighted by molar-refractivity contribution is 5.23. The maximum absolute atomic E-state index is 12.0. The van der Waals surface area contributed by atoms with Crippen molar-refractivity contribution in [2.75, 3.05) is 6.54 Å². The molecule has 82 valence electrons. The van der Waals surface area contributed by atoms with Crippen LogP contribution in [0.5, 0.6) is 0 Å². The first-order valence-electron chi connectivity index (χ1n) is 5.47. The highest BCUT2D eigenvalue weighted by Gasteiger charge is 2.14. The highest BCUT2D eigenvalue weighted by Crippen LogP contribution is 2.07. The summed E-state index contributed by atoms with van der Waals surface area (Å²) in [4.78, 5) is 12.0. The van der Waals surface area contributed by atoms with Gasteiger partial charge in [-0.2, -0.15) is 5.10 Å². The molecule has 0 spiro atoms. The molecule has 0 fully saturated rings. The lowest BCUT2D eigenvalue weighted by Crippen LogP contribution is -2.35. The topological polar surface area (TPSA) is 46.9 Å². The molecule has 0 aliphatic carbocycles. The second-order valence-electron chi connectivity index (χ2n) is 4.46. The Morgan fingerprint density at radius 1 is 1.60 bits per heavy atom. The van der Waals surface area contributed by atoms with Gasteiger partial charge in [0.15, 0.2) is 0 Å². The number of rotatable bonds is 2. The third-order valence-electron chi connectivity index (χ3n) is 2.64. The molecule has 0 amide bonds.